The summed E-state index contributed by atoms with van der Waals surface area (Å²) in [6, 6.07) is 14.2. The fraction of sp³-hybridized carbons (Fsp3) is 0.500. The number of carbonyl (C=O) groups excluding carboxylic acids is 1. The number of ether oxygens (including phenoxy) is 1. The third-order valence-electron chi connectivity index (χ3n) is 6.30. The van der Waals surface area contributed by atoms with Gasteiger partial charge in [0.1, 0.15) is 0 Å². The number of piperidine rings is 1. The van der Waals surface area contributed by atoms with E-state index >= 15 is 0 Å². The van der Waals surface area contributed by atoms with Crippen molar-refractivity contribution in [2.24, 2.45) is 5.92 Å². The maximum atomic E-state index is 12.4. The number of nitrogens with zero attached hydrogens (tertiary/aromatic N) is 2. The highest BCUT2D eigenvalue weighted by Gasteiger charge is 2.40. The third kappa shape index (κ3) is 5.64. The minimum Gasteiger partial charge on any atom is -0.375 e. The predicted molar refractivity (Wildman–Crippen MR) is 113 cm³/mol. The Balaban J connectivity index is 1.23. The lowest BCUT2D eigenvalue weighted by atomic mass is 9.78. The fourth-order valence-corrected chi connectivity index (χ4v) is 4.65. The van der Waals surface area contributed by atoms with Crippen molar-refractivity contribution in [3.63, 3.8) is 0 Å². The van der Waals surface area contributed by atoms with Crippen LogP contribution in [0, 0.1) is 5.92 Å². The Hall–Kier alpha value is -2.24. The van der Waals surface area contributed by atoms with Gasteiger partial charge in [-0.2, -0.15) is 0 Å². The molecule has 0 aliphatic carbocycles. The monoisotopic (exact) mass is 393 g/mol. The summed E-state index contributed by atoms with van der Waals surface area (Å²) >= 11 is 0. The Morgan fingerprint density at radius 1 is 1.14 bits per heavy atom. The summed E-state index contributed by atoms with van der Waals surface area (Å²) < 4.78 is 6.28. The molecule has 2 saturated heterocycles. The molecule has 1 unspecified atom stereocenters. The van der Waals surface area contributed by atoms with Gasteiger partial charge in [-0.05, 0) is 48.8 Å². The van der Waals surface area contributed by atoms with Crippen LogP contribution in [0.4, 0.5) is 0 Å². The van der Waals surface area contributed by atoms with Crippen molar-refractivity contribution >= 4 is 5.91 Å². The first-order valence-corrected chi connectivity index (χ1v) is 10.8. The van der Waals surface area contributed by atoms with Crippen molar-refractivity contribution in [1.29, 1.82) is 0 Å². The summed E-state index contributed by atoms with van der Waals surface area (Å²) in [5.74, 6) is 0.578. The zero-order valence-corrected chi connectivity index (χ0v) is 17.1. The van der Waals surface area contributed by atoms with Crippen molar-refractivity contribution in [2.75, 3.05) is 19.7 Å². The van der Waals surface area contributed by atoms with Gasteiger partial charge in [0, 0.05) is 51.6 Å². The lowest BCUT2D eigenvalue weighted by Gasteiger charge is -2.46. The quantitative estimate of drug-likeness (QED) is 0.816. The molecule has 4 rings (SSSR count). The number of benzene rings is 1. The van der Waals surface area contributed by atoms with Crippen molar-refractivity contribution in [3.8, 4) is 0 Å². The van der Waals surface area contributed by atoms with Crippen LogP contribution in [0.15, 0.2) is 54.9 Å². The number of rotatable bonds is 6. The summed E-state index contributed by atoms with van der Waals surface area (Å²) in [6.07, 6.45) is 8.47. The van der Waals surface area contributed by atoms with Crippen LogP contribution in [0.5, 0.6) is 0 Å². The Morgan fingerprint density at radius 2 is 1.93 bits per heavy atom. The van der Waals surface area contributed by atoms with Gasteiger partial charge in [-0.3, -0.25) is 14.7 Å². The average Bonchev–Trinajstić information content (AvgIpc) is 2.76. The Labute approximate surface area is 173 Å². The van der Waals surface area contributed by atoms with Gasteiger partial charge in [-0.25, -0.2) is 0 Å². The van der Waals surface area contributed by atoms with Crippen molar-refractivity contribution < 1.29 is 9.53 Å². The number of hydrogen-bond acceptors (Lipinski definition) is 4. The van der Waals surface area contributed by atoms with Crippen molar-refractivity contribution in [3.05, 3.63) is 66.0 Å². The Kier molecular flexibility index (Phi) is 6.57. The molecule has 1 aromatic carbocycles. The largest absolute Gasteiger partial charge is 0.375 e. The van der Waals surface area contributed by atoms with Crippen LogP contribution < -0.4 is 5.32 Å². The van der Waals surface area contributed by atoms with E-state index < -0.39 is 0 Å². The van der Waals surface area contributed by atoms with E-state index in [1.165, 1.54) is 5.56 Å². The zero-order chi connectivity index (χ0) is 19.9. The first kappa shape index (κ1) is 20.0. The van der Waals surface area contributed by atoms with E-state index in [0.29, 0.717) is 18.9 Å². The van der Waals surface area contributed by atoms with Gasteiger partial charge in [0.15, 0.2) is 0 Å². The molecule has 29 heavy (non-hydrogen) atoms. The summed E-state index contributed by atoms with van der Waals surface area (Å²) in [4.78, 5) is 19.1. The second kappa shape index (κ2) is 9.51. The Bertz CT molecular complexity index is 773. The first-order chi connectivity index (χ1) is 14.2. The molecule has 5 heteroatoms. The molecule has 1 N–H and O–H groups in total. The van der Waals surface area contributed by atoms with Crippen LogP contribution in [0.1, 0.15) is 43.2 Å². The van der Waals surface area contributed by atoms with E-state index in [-0.39, 0.29) is 11.5 Å². The summed E-state index contributed by atoms with van der Waals surface area (Å²) in [5.41, 5.74) is 2.37. The van der Waals surface area contributed by atoms with Gasteiger partial charge >= 0.3 is 0 Å². The number of likely N-dealkylation sites (tertiary alicyclic amines) is 1. The molecule has 5 nitrogen and oxygen atoms in total. The topological polar surface area (TPSA) is 54.5 Å². The Morgan fingerprint density at radius 3 is 2.69 bits per heavy atom. The van der Waals surface area contributed by atoms with Gasteiger partial charge in [-0.15, -0.1) is 0 Å². The molecule has 2 fully saturated rings. The minimum absolute atomic E-state index is 0.0337. The summed E-state index contributed by atoms with van der Waals surface area (Å²) in [7, 11) is 0. The summed E-state index contributed by atoms with van der Waals surface area (Å²) in [5, 5.41) is 3.08. The molecular weight excluding hydrogens is 362 g/mol. The van der Waals surface area contributed by atoms with Crippen LogP contribution in [0.2, 0.25) is 0 Å². The smallest absolute Gasteiger partial charge is 0.220 e. The van der Waals surface area contributed by atoms with E-state index in [2.05, 4.69) is 21.3 Å². The second-order valence-electron chi connectivity index (χ2n) is 8.49. The molecule has 3 heterocycles. The molecule has 1 amide bonds. The van der Waals surface area contributed by atoms with Crippen LogP contribution in [0.25, 0.3) is 0 Å². The lowest BCUT2D eigenvalue weighted by Crippen LogP contribution is -2.49. The van der Waals surface area contributed by atoms with E-state index in [9.17, 15) is 4.79 Å². The van der Waals surface area contributed by atoms with Gasteiger partial charge in [-0.1, -0.05) is 36.4 Å². The number of carbonyl (C=O) groups is 1. The van der Waals surface area contributed by atoms with Crippen molar-refractivity contribution in [2.45, 2.75) is 50.8 Å². The molecule has 0 radical (unpaired) electrons. The summed E-state index contributed by atoms with van der Waals surface area (Å²) in [6.45, 7) is 4.43. The maximum absolute atomic E-state index is 12.4. The van der Waals surface area contributed by atoms with Crippen LogP contribution >= 0.6 is 0 Å². The minimum atomic E-state index is -0.0337. The highest BCUT2D eigenvalue weighted by molar-refractivity contribution is 5.76. The molecule has 154 valence electrons. The van der Waals surface area contributed by atoms with E-state index in [4.69, 9.17) is 4.74 Å². The van der Waals surface area contributed by atoms with Gasteiger partial charge in [0.05, 0.1) is 5.60 Å². The number of hydrogen-bond donors (Lipinski definition) is 1. The van der Waals surface area contributed by atoms with Crippen LogP contribution in [-0.4, -0.2) is 41.1 Å². The number of amides is 1. The van der Waals surface area contributed by atoms with Gasteiger partial charge in [0.25, 0.3) is 0 Å². The van der Waals surface area contributed by atoms with E-state index in [1.807, 2.05) is 48.8 Å². The fourth-order valence-electron chi connectivity index (χ4n) is 4.65. The average molecular weight is 394 g/mol. The second-order valence-corrected chi connectivity index (χ2v) is 8.49. The lowest BCUT2D eigenvalue weighted by molar-refractivity contribution is -0.136. The maximum Gasteiger partial charge on any atom is 0.220 e. The van der Waals surface area contributed by atoms with Gasteiger partial charge < -0.3 is 10.1 Å². The van der Waals surface area contributed by atoms with E-state index in [0.717, 1.165) is 57.5 Å². The third-order valence-corrected chi connectivity index (χ3v) is 6.30. The number of nitrogens with one attached hydrogen (secondary N) is 1. The molecule has 2 aliphatic heterocycles. The molecule has 1 atom stereocenters. The first-order valence-electron chi connectivity index (χ1n) is 10.8. The van der Waals surface area contributed by atoms with Crippen LogP contribution in [0.3, 0.4) is 0 Å². The molecule has 0 saturated carbocycles. The molecule has 1 spiro atoms. The highest BCUT2D eigenvalue weighted by Crippen LogP contribution is 2.39. The van der Waals surface area contributed by atoms with E-state index in [1.54, 1.807) is 0 Å². The molecular formula is C24H31N3O2. The molecule has 1 aromatic heterocycles. The molecule has 2 aliphatic rings. The standard InChI is InChI=1S/C24H31N3O2/c28-23(26-18-20-5-2-1-3-6-20)15-21-8-14-29-24(16-21)9-12-27(13-10-24)19-22-7-4-11-25-17-22/h1-7,11,17,21H,8-10,12-16,18-19H2,(H,26,28). The SMILES string of the molecule is O=C(CC1CCOC2(CCN(Cc3cccnc3)CC2)C1)NCc1ccccc1. The normalized spacial score (nSPS) is 21.7. The van der Waals surface area contributed by atoms with Crippen molar-refractivity contribution in [1.82, 2.24) is 15.2 Å². The molecule has 0 bridgehead atoms. The zero-order valence-electron chi connectivity index (χ0n) is 17.1. The molecule has 2 aromatic rings. The predicted octanol–water partition coefficient (Wildman–Crippen LogP) is 3.55. The number of aromatic nitrogens is 1. The highest BCUT2D eigenvalue weighted by atomic mass is 16.5. The van der Waals surface area contributed by atoms with Gasteiger partial charge in [0.2, 0.25) is 5.91 Å². The number of pyridine rings is 1. The van der Waals surface area contributed by atoms with Crippen LogP contribution in [-0.2, 0) is 22.6 Å².